The summed E-state index contributed by atoms with van der Waals surface area (Å²) in [6.07, 6.45) is 0. The van der Waals surface area contributed by atoms with E-state index < -0.39 is 0 Å². The molecule has 0 spiro atoms. The van der Waals surface area contributed by atoms with Gasteiger partial charge < -0.3 is 4.74 Å². The van der Waals surface area contributed by atoms with Gasteiger partial charge in [0.15, 0.2) is 0 Å². The van der Waals surface area contributed by atoms with Gasteiger partial charge in [-0.15, -0.1) is 11.6 Å². The Morgan fingerprint density at radius 1 is 1.33 bits per heavy atom. The minimum absolute atomic E-state index is 0.336. The molecule has 0 unspecified atom stereocenters. The topological polar surface area (TPSA) is 35.0 Å². The van der Waals surface area contributed by atoms with Crippen molar-refractivity contribution in [2.45, 2.75) is 12.8 Å². The number of alkyl halides is 1. The van der Waals surface area contributed by atoms with Crippen LogP contribution in [0.2, 0.25) is 0 Å². The molecule has 0 fully saturated rings. The molecule has 3 nitrogen and oxygen atoms in total. The van der Waals surface area contributed by atoms with Crippen molar-refractivity contribution in [3.63, 3.8) is 0 Å². The van der Waals surface area contributed by atoms with Crippen LogP contribution in [-0.2, 0) is 5.88 Å². The second-order valence-corrected chi connectivity index (χ2v) is 3.51. The van der Waals surface area contributed by atoms with E-state index >= 15 is 0 Å². The number of hydrogen-bond donors (Lipinski definition) is 0. The van der Waals surface area contributed by atoms with E-state index in [2.05, 4.69) is 9.97 Å². The van der Waals surface area contributed by atoms with Crippen molar-refractivity contribution in [2.75, 3.05) is 7.11 Å². The van der Waals surface area contributed by atoms with Crippen molar-refractivity contribution in [3.05, 3.63) is 29.7 Å². The number of nitrogens with zero attached hydrogens (tertiary/aromatic N) is 2. The van der Waals surface area contributed by atoms with Crippen LogP contribution in [0.25, 0.3) is 10.9 Å². The summed E-state index contributed by atoms with van der Waals surface area (Å²) in [7, 11) is 1.64. The summed E-state index contributed by atoms with van der Waals surface area (Å²) < 4.78 is 5.15. The predicted molar refractivity (Wildman–Crippen MR) is 60.4 cm³/mol. The van der Waals surface area contributed by atoms with Crippen molar-refractivity contribution in [3.8, 4) is 5.75 Å². The molecule has 0 aliphatic rings. The monoisotopic (exact) mass is 222 g/mol. The second-order valence-electron chi connectivity index (χ2n) is 3.24. The molecule has 0 radical (unpaired) electrons. The fourth-order valence-electron chi connectivity index (χ4n) is 1.51. The van der Waals surface area contributed by atoms with E-state index in [1.54, 1.807) is 7.11 Å². The molecule has 2 aromatic rings. The largest absolute Gasteiger partial charge is 0.497 e. The SMILES string of the molecule is COc1ccc2nc(CCl)nc(C)c2c1. The van der Waals surface area contributed by atoms with Gasteiger partial charge in [-0.2, -0.15) is 0 Å². The lowest BCUT2D eigenvalue weighted by atomic mass is 10.2. The molecule has 0 N–H and O–H groups in total. The van der Waals surface area contributed by atoms with Gasteiger partial charge in [-0.05, 0) is 25.1 Å². The van der Waals surface area contributed by atoms with Crippen LogP contribution in [0, 0.1) is 6.92 Å². The zero-order valence-electron chi connectivity index (χ0n) is 8.62. The van der Waals surface area contributed by atoms with Crippen molar-refractivity contribution >= 4 is 22.5 Å². The maximum atomic E-state index is 5.71. The van der Waals surface area contributed by atoms with Gasteiger partial charge in [-0.25, -0.2) is 9.97 Å². The first kappa shape index (κ1) is 10.2. The third-order valence-corrected chi connectivity index (χ3v) is 2.50. The van der Waals surface area contributed by atoms with Gasteiger partial charge in [0, 0.05) is 11.1 Å². The van der Waals surface area contributed by atoms with Gasteiger partial charge in [0.2, 0.25) is 0 Å². The molecule has 4 heteroatoms. The molecule has 2 rings (SSSR count). The maximum Gasteiger partial charge on any atom is 0.144 e. The molecular weight excluding hydrogens is 212 g/mol. The van der Waals surface area contributed by atoms with E-state index in [0.717, 1.165) is 22.3 Å². The van der Waals surface area contributed by atoms with Crippen molar-refractivity contribution in [2.24, 2.45) is 0 Å². The second kappa shape index (κ2) is 4.03. The number of aryl methyl sites for hydroxylation is 1. The Balaban J connectivity index is 2.68. The number of hydrogen-bond acceptors (Lipinski definition) is 3. The third kappa shape index (κ3) is 1.88. The van der Waals surface area contributed by atoms with E-state index in [9.17, 15) is 0 Å². The van der Waals surface area contributed by atoms with Crippen molar-refractivity contribution < 1.29 is 4.74 Å². The maximum absolute atomic E-state index is 5.71. The third-order valence-electron chi connectivity index (χ3n) is 2.26. The standard InChI is InChI=1S/C11H11ClN2O/c1-7-9-5-8(15-2)3-4-10(9)14-11(6-12)13-7/h3-5H,6H2,1-2H3. The quantitative estimate of drug-likeness (QED) is 0.733. The van der Waals surface area contributed by atoms with Gasteiger partial charge in [0.25, 0.3) is 0 Å². The molecule has 0 atom stereocenters. The summed E-state index contributed by atoms with van der Waals surface area (Å²) in [5, 5.41) is 1.00. The first-order chi connectivity index (χ1) is 7.24. The lowest BCUT2D eigenvalue weighted by Crippen LogP contribution is -1.96. The molecule has 78 valence electrons. The molecule has 0 aliphatic heterocycles. The molecule has 1 aromatic carbocycles. The summed E-state index contributed by atoms with van der Waals surface area (Å²) in [5.74, 6) is 1.81. The van der Waals surface area contributed by atoms with Crippen molar-refractivity contribution in [1.82, 2.24) is 9.97 Å². The predicted octanol–water partition coefficient (Wildman–Crippen LogP) is 2.69. The van der Waals surface area contributed by atoms with E-state index in [0.29, 0.717) is 11.7 Å². The first-order valence-electron chi connectivity index (χ1n) is 4.62. The van der Waals surface area contributed by atoms with Crippen molar-refractivity contribution in [1.29, 1.82) is 0 Å². The zero-order chi connectivity index (χ0) is 10.8. The van der Waals surface area contributed by atoms with E-state index in [1.807, 2.05) is 25.1 Å². The lowest BCUT2D eigenvalue weighted by molar-refractivity contribution is 0.415. The zero-order valence-corrected chi connectivity index (χ0v) is 9.38. The Morgan fingerprint density at radius 3 is 2.80 bits per heavy atom. The van der Waals surface area contributed by atoms with Crippen LogP contribution in [-0.4, -0.2) is 17.1 Å². The molecule has 0 amide bonds. The minimum atomic E-state index is 0.336. The Hall–Kier alpha value is -1.35. The molecule has 1 aromatic heterocycles. The summed E-state index contributed by atoms with van der Waals surface area (Å²) in [4.78, 5) is 8.63. The van der Waals surface area contributed by atoms with Gasteiger partial charge in [0.05, 0.1) is 18.5 Å². The van der Waals surface area contributed by atoms with E-state index in [1.165, 1.54) is 0 Å². The normalized spacial score (nSPS) is 10.6. The number of benzene rings is 1. The fourth-order valence-corrected chi connectivity index (χ4v) is 1.63. The molecule has 15 heavy (non-hydrogen) atoms. The summed E-state index contributed by atoms with van der Waals surface area (Å²) in [6, 6.07) is 5.73. The van der Waals surface area contributed by atoms with Crippen LogP contribution in [0.1, 0.15) is 11.5 Å². The Labute approximate surface area is 93.1 Å². The van der Waals surface area contributed by atoms with Crippen LogP contribution in [0.4, 0.5) is 0 Å². The Morgan fingerprint density at radius 2 is 2.13 bits per heavy atom. The molecule has 0 bridgehead atoms. The minimum Gasteiger partial charge on any atom is -0.497 e. The van der Waals surface area contributed by atoms with Gasteiger partial charge in [-0.3, -0.25) is 0 Å². The molecular formula is C11H11ClN2O. The summed E-state index contributed by atoms with van der Waals surface area (Å²) in [5.41, 5.74) is 1.83. The van der Waals surface area contributed by atoms with Crippen LogP contribution in [0.5, 0.6) is 5.75 Å². The van der Waals surface area contributed by atoms with Crippen LogP contribution in [0.15, 0.2) is 18.2 Å². The molecule has 0 aliphatic carbocycles. The number of ether oxygens (including phenoxy) is 1. The van der Waals surface area contributed by atoms with E-state index in [-0.39, 0.29) is 0 Å². The number of halogens is 1. The average molecular weight is 223 g/mol. The lowest BCUT2D eigenvalue weighted by Gasteiger charge is -2.05. The van der Waals surface area contributed by atoms with Gasteiger partial charge in [-0.1, -0.05) is 0 Å². The Kier molecular flexibility index (Phi) is 2.73. The van der Waals surface area contributed by atoms with Crippen LogP contribution < -0.4 is 4.74 Å². The smallest absolute Gasteiger partial charge is 0.144 e. The summed E-state index contributed by atoms with van der Waals surface area (Å²) in [6.45, 7) is 1.94. The number of methoxy groups -OCH3 is 1. The highest BCUT2D eigenvalue weighted by molar-refractivity contribution is 6.16. The highest BCUT2D eigenvalue weighted by Gasteiger charge is 2.04. The van der Waals surface area contributed by atoms with Gasteiger partial charge >= 0.3 is 0 Å². The summed E-state index contributed by atoms with van der Waals surface area (Å²) >= 11 is 5.71. The number of rotatable bonds is 2. The molecule has 0 saturated carbocycles. The van der Waals surface area contributed by atoms with Crippen LogP contribution >= 0.6 is 11.6 Å². The fraction of sp³-hybridized carbons (Fsp3) is 0.273. The van der Waals surface area contributed by atoms with E-state index in [4.69, 9.17) is 16.3 Å². The van der Waals surface area contributed by atoms with Gasteiger partial charge in [0.1, 0.15) is 11.6 Å². The molecule has 0 saturated heterocycles. The number of aromatic nitrogens is 2. The molecule has 1 heterocycles. The average Bonchev–Trinajstić information content (AvgIpc) is 2.28. The van der Waals surface area contributed by atoms with Crippen LogP contribution in [0.3, 0.4) is 0 Å². The highest BCUT2D eigenvalue weighted by Crippen LogP contribution is 2.21. The highest BCUT2D eigenvalue weighted by atomic mass is 35.5. The number of fused-ring (bicyclic) bond motifs is 1. The first-order valence-corrected chi connectivity index (χ1v) is 5.15. The Bertz CT molecular complexity index is 499.